The first kappa shape index (κ1) is 21.2. The number of para-hydroxylation sites is 2. The summed E-state index contributed by atoms with van der Waals surface area (Å²) >= 11 is 0. The van der Waals surface area contributed by atoms with Crippen molar-refractivity contribution in [3.63, 3.8) is 0 Å². The summed E-state index contributed by atoms with van der Waals surface area (Å²) in [4.78, 5) is 14.8. The summed E-state index contributed by atoms with van der Waals surface area (Å²) in [6, 6.07) is 35.1. The Morgan fingerprint density at radius 3 is 1.72 bits per heavy atom. The zero-order valence-electron chi connectivity index (χ0n) is 34.2. The Hall–Kier alpha value is -6.85. The van der Waals surface area contributed by atoms with Gasteiger partial charge < -0.3 is 8.98 Å². The minimum atomic E-state index is -0.484. The molecule has 7 aromatic carbocycles. The first-order valence-electron chi connectivity index (χ1n) is 20.0. The molecule has 3 heterocycles. The van der Waals surface area contributed by atoms with Crippen molar-refractivity contribution in [2.24, 2.45) is 0 Å². The van der Waals surface area contributed by atoms with E-state index in [4.69, 9.17) is 30.3 Å². The fourth-order valence-electron chi connectivity index (χ4n) is 6.63. The Labute approximate surface area is 299 Å². The second-order valence-electron chi connectivity index (χ2n) is 11.9. The molecule has 50 heavy (non-hydrogen) atoms. The molecule has 0 aliphatic heterocycles. The average Bonchev–Trinajstić information content (AvgIpc) is 3.83. The maximum Gasteiger partial charge on any atom is 0.164 e. The van der Waals surface area contributed by atoms with Crippen molar-refractivity contribution >= 4 is 43.7 Å². The molecule has 0 N–H and O–H groups in total. The minimum Gasteiger partial charge on any atom is -0.456 e. The zero-order valence-corrected chi connectivity index (χ0v) is 26.2. The second-order valence-corrected chi connectivity index (χ2v) is 11.9. The third-order valence-corrected chi connectivity index (χ3v) is 8.91. The number of fused-ring (bicyclic) bond motifs is 6. The lowest BCUT2D eigenvalue weighted by atomic mass is 10.00. The highest BCUT2D eigenvalue weighted by Gasteiger charge is 2.19. The van der Waals surface area contributed by atoms with Crippen LogP contribution in [0.15, 0.2) is 174 Å². The van der Waals surface area contributed by atoms with Crippen molar-refractivity contribution in [2.75, 3.05) is 0 Å². The largest absolute Gasteiger partial charge is 0.456 e. The summed E-state index contributed by atoms with van der Waals surface area (Å²) in [5.74, 6) is 1.55. The van der Waals surface area contributed by atoms with E-state index in [2.05, 4.69) is 0 Å². The van der Waals surface area contributed by atoms with Crippen molar-refractivity contribution in [2.45, 2.75) is 0 Å². The van der Waals surface area contributed by atoms with E-state index in [1.807, 2.05) is 115 Å². The fraction of sp³-hybridized carbons (Fsp3) is 0. The Morgan fingerprint density at radius 2 is 1.04 bits per heavy atom. The molecule has 0 aliphatic rings. The number of benzene rings is 7. The summed E-state index contributed by atoms with van der Waals surface area (Å²) < 4.78 is 77.1. The van der Waals surface area contributed by atoms with Crippen LogP contribution in [0.4, 0.5) is 0 Å². The first-order chi connectivity index (χ1) is 28.1. The molecular weight excluding hydrogens is 613 g/mol. The molecule has 0 saturated carbocycles. The van der Waals surface area contributed by atoms with Gasteiger partial charge in [-0.25, -0.2) is 15.0 Å². The zero-order chi connectivity index (χ0) is 40.0. The number of aromatic nitrogens is 4. The third kappa shape index (κ3) is 4.60. The van der Waals surface area contributed by atoms with Crippen LogP contribution in [0.3, 0.4) is 0 Å². The molecule has 3 aromatic heterocycles. The lowest BCUT2D eigenvalue weighted by molar-refractivity contribution is 0.669. The summed E-state index contributed by atoms with van der Waals surface area (Å²) in [5, 5.41) is 1.69. The van der Waals surface area contributed by atoms with Crippen molar-refractivity contribution < 1.29 is 15.4 Å². The molecule has 10 aromatic rings. The van der Waals surface area contributed by atoms with Crippen LogP contribution in [0.5, 0.6) is 0 Å². The smallest absolute Gasteiger partial charge is 0.164 e. The molecule has 0 saturated heterocycles. The molecule has 0 amide bonds. The van der Waals surface area contributed by atoms with Crippen LogP contribution in [-0.2, 0) is 0 Å². The number of nitrogens with zero attached hydrogens (tertiary/aromatic N) is 4. The van der Waals surface area contributed by atoms with Gasteiger partial charge in [-0.1, -0.05) is 127 Å². The molecule has 0 unspecified atom stereocenters. The average molecular weight is 649 g/mol. The molecule has 0 atom stereocenters. The highest BCUT2D eigenvalue weighted by atomic mass is 16.3. The van der Waals surface area contributed by atoms with Gasteiger partial charge in [-0.15, -0.1) is 0 Å². The van der Waals surface area contributed by atoms with Gasteiger partial charge >= 0.3 is 0 Å². The van der Waals surface area contributed by atoms with E-state index < -0.39 is 24.2 Å². The van der Waals surface area contributed by atoms with Crippen molar-refractivity contribution in [1.82, 2.24) is 19.5 Å². The highest BCUT2D eigenvalue weighted by Crippen LogP contribution is 2.39. The first-order valence-corrected chi connectivity index (χ1v) is 16.0. The molecular formula is C45H28N4O. The lowest BCUT2D eigenvalue weighted by Crippen LogP contribution is -2.00. The van der Waals surface area contributed by atoms with E-state index in [1.165, 1.54) is 4.57 Å². The molecule has 234 valence electrons. The van der Waals surface area contributed by atoms with E-state index in [9.17, 15) is 0 Å². The van der Waals surface area contributed by atoms with Crippen molar-refractivity contribution in [3.05, 3.63) is 170 Å². The van der Waals surface area contributed by atoms with E-state index in [-0.39, 0.29) is 46.0 Å². The number of furan rings is 1. The molecule has 0 radical (unpaired) electrons. The highest BCUT2D eigenvalue weighted by molar-refractivity contribution is 6.13. The molecule has 0 aliphatic carbocycles. The molecule has 0 bridgehead atoms. The lowest BCUT2D eigenvalue weighted by Gasteiger charge is -2.11. The van der Waals surface area contributed by atoms with Crippen LogP contribution in [0, 0.1) is 0 Å². The number of hydrogen-bond acceptors (Lipinski definition) is 4. The van der Waals surface area contributed by atoms with Gasteiger partial charge in [0.05, 0.1) is 22.0 Å². The predicted molar refractivity (Wildman–Crippen MR) is 203 cm³/mol. The Balaban J connectivity index is 1.18. The molecule has 0 fully saturated rings. The monoisotopic (exact) mass is 648 g/mol. The quantitative estimate of drug-likeness (QED) is 0.186. The van der Waals surface area contributed by atoms with Gasteiger partial charge in [-0.3, -0.25) is 0 Å². The van der Waals surface area contributed by atoms with Gasteiger partial charge in [0, 0.05) is 43.9 Å². The van der Waals surface area contributed by atoms with Gasteiger partial charge in [-0.05, 0) is 53.5 Å². The molecule has 0 spiro atoms. The topological polar surface area (TPSA) is 56.7 Å². The summed E-state index contributed by atoms with van der Waals surface area (Å²) in [6.45, 7) is 0. The number of hydrogen-bond donors (Lipinski definition) is 0. The molecule has 10 rings (SSSR count). The van der Waals surface area contributed by atoms with Crippen LogP contribution in [0.2, 0.25) is 0 Å². The summed E-state index contributed by atoms with van der Waals surface area (Å²) in [6.07, 6.45) is 0. The van der Waals surface area contributed by atoms with Gasteiger partial charge in [0.15, 0.2) is 17.5 Å². The Bertz CT molecular complexity index is 3200. The molecule has 5 heteroatoms. The second kappa shape index (κ2) is 11.4. The SMILES string of the molecule is [2H]c1c([2H])c([2H])c2c(c1[2H])c1c([2H])c([2H])c([2H])c([2H])c1n2-c1cccc(-c2ccc3oc4cccc(-c5nc(-c6ccccc6)nc(-c6ccccc6)n5)c4c3c2)c1. The van der Waals surface area contributed by atoms with Crippen LogP contribution in [0.1, 0.15) is 11.0 Å². The standard InChI is InChI=1S/C45H28N4O/c1-3-13-29(14-4-1)43-46-44(30-15-5-2-6-16-30)48-45(47-43)36-21-12-24-41-42(36)37-28-32(25-26-40(37)50-41)31-17-11-18-33(27-31)49-38-22-9-7-19-34(38)35-20-8-10-23-39(35)49/h1-28H/i7D,8D,9D,10D,19D,20D,22D,23D. The molecule has 5 nitrogen and oxygen atoms in total. The van der Waals surface area contributed by atoms with E-state index in [1.54, 1.807) is 6.07 Å². The Kier molecular flexibility index (Phi) is 4.83. The Morgan fingerprint density at radius 1 is 0.460 bits per heavy atom. The van der Waals surface area contributed by atoms with Gasteiger partial charge in [0.2, 0.25) is 0 Å². The van der Waals surface area contributed by atoms with Crippen LogP contribution >= 0.6 is 0 Å². The van der Waals surface area contributed by atoms with Crippen molar-refractivity contribution in [3.8, 4) is 51.0 Å². The van der Waals surface area contributed by atoms with Crippen molar-refractivity contribution in [1.29, 1.82) is 0 Å². The minimum absolute atomic E-state index is 0.0291. The van der Waals surface area contributed by atoms with Gasteiger partial charge in [0.1, 0.15) is 11.2 Å². The van der Waals surface area contributed by atoms with E-state index in [0.717, 1.165) is 38.6 Å². The maximum absolute atomic E-state index is 8.93. The normalized spacial score (nSPS) is 13.8. The third-order valence-electron chi connectivity index (χ3n) is 8.91. The van der Waals surface area contributed by atoms with Crippen LogP contribution < -0.4 is 0 Å². The van der Waals surface area contributed by atoms with Gasteiger partial charge in [0.25, 0.3) is 0 Å². The van der Waals surface area contributed by atoms with Crippen LogP contribution in [0.25, 0.3) is 94.7 Å². The fourth-order valence-corrected chi connectivity index (χ4v) is 6.63. The van der Waals surface area contributed by atoms with E-state index in [0.29, 0.717) is 34.3 Å². The van der Waals surface area contributed by atoms with E-state index >= 15 is 0 Å². The summed E-state index contributed by atoms with van der Waals surface area (Å²) in [5.41, 5.74) is 5.90. The predicted octanol–water partition coefficient (Wildman–Crippen LogP) is 11.5. The number of rotatable bonds is 5. The summed E-state index contributed by atoms with van der Waals surface area (Å²) in [7, 11) is 0. The van der Waals surface area contributed by atoms with Crippen LogP contribution in [-0.4, -0.2) is 19.5 Å². The van der Waals surface area contributed by atoms with Gasteiger partial charge in [-0.2, -0.15) is 0 Å². The maximum atomic E-state index is 8.93.